The lowest BCUT2D eigenvalue weighted by Crippen LogP contribution is -2.33. The second kappa shape index (κ2) is 13.9. The number of aryl methyl sites for hydroxylation is 1. The van der Waals surface area contributed by atoms with Gasteiger partial charge < -0.3 is 15.1 Å². The molecule has 3 aromatic rings. The Hall–Kier alpha value is -3.19. The number of piperidine rings is 1. The molecule has 1 N–H and O–H groups in total. The van der Waals surface area contributed by atoms with Gasteiger partial charge in [-0.05, 0) is 81.8 Å². The fourth-order valence-corrected chi connectivity index (χ4v) is 6.21. The highest BCUT2D eigenvalue weighted by Crippen LogP contribution is 2.34. The largest absolute Gasteiger partial charge is 0.336 e. The Morgan fingerprint density at radius 1 is 0.975 bits per heavy atom. The lowest BCUT2D eigenvalue weighted by atomic mass is 9.90. The van der Waals surface area contributed by atoms with E-state index in [1.54, 1.807) is 4.73 Å². The first kappa shape index (κ1) is 28.3. The second-order valence-corrected chi connectivity index (χ2v) is 11.6. The zero-order valence-electron chi connectivity index (χ0n) is 23.9. The first-order chi connectivity index (χ1) is 19.6. The Labute approximate surface area is 238 Å². The van der Waals surface area contributed by atoms with Crippen LogP contribution in [0, 0.1) is 5.92 Å². The summed E-state index contributed by atoms with van der Waals surface area (Å²) < 4.78 is 1.60. The van der Waals surface area contributed by atoms with Crippen LogP contribution in [0.15, 0.2) is 48.7 Å². The fraction of sp³-hybridized carbons (Fsp3) is 0.545. The van der Waals surface area contributed by atoms with Crippen LogP contribution in [-0.4, -0.2) is 46.1 Å². The Balaban J connectivity index is 1.34. The third-order valence-corrected chi connectivity index (χ3v) is 8.63. The normalized spacial score (nSPS) is 17.5. The Bertz CT molecular complexity index is 1260. The van der Waals surface area contributed by atoms with Crippen LogP contribution in [0.3, 0.4) is 0 Å². The molecule has 1 aromatic carbocycles. The van der Waals surface area contributed by atoms with Crippen LogP contribution in [0.5, 0.6) is 0 Å². The molecular formula is C33H44N4O3. The lowest BCUT2D eigenvalue weighted by molar-refractivity contribution is -0.143. The average Bonchev–Trinajstić information content (AvgIpc) is 3.13. The number of pyridine rings is 1. The van der Waals surface area contributed by atoms with Crippen LogP contribution in [0.2, 0.25) is 0 Å². The molecule has 0 bridgehead atoms. The zero-order valence-corrected chi connectivity index (χ0v) is 23.9. The number of nitrogens with zero attached hydrogens (tertiary/aromatic N) is 3. The molecule has 7 heteroatoms. The SMILES string of the molecule is CCCCN1CCC(c2cn(OC(=O)CCc3ccccc3)c3ccc(NC(=O)C4CCCCCC4)nc23)CC1. The van der Waals surface area contributed by atoms with Gasteiger partial charge in [-0.3, -0.25) is 4.79 Å². The number of aromatic nitrogens is 2. The molecule has 1 aliphatic carbocycles. The van der Waals surface area contributed by atoms with Gasteiger partial charge in [0.1, 0.15) is 11.3 Å². The van der Waals surface area contributed by atoms with Crippen molar-refractivity contribution in [3.8, 4) is 0 Å². The van der Waals surface area contributed by atoms with Gasteiger partial charge in [-0.2, -0.15) is 4.73 Å². The van der Waals surface area contributed by atoms with E-state index in [1.807, 2.05) is 48.7 Å². The summed E-state index contributed by atoms with van der Waals surface area (Å²) in [5, 5.41) is 3.11. The van der Waals surface area contributed by atoms with Gasteiger partial charge in [0, 0.05) is 11.5 Å². The van der Waals surface area contributed by atoms with Crippen LogP contribution >= 0.6 is 0 Å². The van der Waals surface area contributed by atoms with Gasteiger partial charge in [0.05, 0.1) is 18.1 Å². The third kappa shape index (κ3) is 7.30. The molecule has 0 atom stereocenters. The molecule has 5 rings (SSSR count). The first-order valence-electron chi connectivity index (χ1n) is 15.4. The van der Waals surface area contributed by atoms with Gasteiger partial charge in [-0.25, -0.2) is 9.78 Å². The van der Waals surface area contributed by atoms with Crippen LogP contribution in [-0.2, 0) is 16.0 Å². The molecule has 1 saturated carbocycles. The molecule has 2 aliphatic rings. The van der Waals surface area contributed by atoms with E-state index >= 15 is 0 Å². The maximum atomic E-state index is 13.1. The summed E-state index contributed by atoms with van der Waals surface area (Å²) in [4.78, 5) is 39.3. The molecule has 214 valence electrons. The Kier molecular flexibility index (Phi) is 9.87. The van der Waals surface area contributed by atoms with Crippen LogP contribution in [0.4, 0.5) is 5.82 Å². The minimum atomic E-state index is -0.271. The molecule has 0 unspecified atom stereocenters. The smallest absolute Gasteiger partial charge is 0.333 e. The number of nitrogens with one attached hydrogen (secondary N) is 1. The number of anilines is 1. The quantitative estimate of drug-likeness (QED) is 0.294. The van der Waals surface area contributed by atoms with E-state index in [1.165, 1.54) is 25.7 Å². The van der Waals surface area contributed by atoms with Gasteiger partial charge in [-0.15, -0.1) is 0 Å². The highest BCUT2D eigenvalue weighted by molar-refractivity contribution is 5.93. The van der Waals surface area contributed by atoms with Crippen molar-refractivity contribution in [2.75, 3.05) is 25.0 Å². The first-order valence-corrected chi connectivity index (χ1v) is 15.4. The summed E-state index contributed by atoms with van der Waals surface area (Å²) in [5.41, 5.74) is 3.81. The van der Waals surface area contributed by atoms with Gasteiger partial charge in [0.2, 0.25) is 5.91 Å². The third-order valence-electron chi connectivity index (χ3n) is 8.63. The van der Waals surface area contributed by atoms with E-state index in [9.17, 15) is 9.59 Å². The van der Waals surface area contributed by atoms with Crippen molar-refractivity contribution in [2.24, 2.45) is 5.92 Å². The van der Waals surface area contributed by atoms with Crippen molar-refractivity contribution in [2.45, 2.75) is 89.9 Å². The average molecular weight is 545 g/mol. The van der Waals surface area contributed by atoms with Crippen molar-refractivity contribution >= 4 is 28.7 Å². The fourth-order valence-electron chi connectivity index (χ4n) is 6.21. The Morgan fingerprint density at radius 3 is 2.45 bits per heavy atom. The van der Waals surface area contributed by atoms with Gasteiger partial charge in [0.25, 0.3) is 0 Å². The van der Waals surface area contributed by atoms with E-state index in [4.69, 9.17) is 9.82 Å². The predicted octanol–water partition coefficient (Wildman–Crippen LogP) is 6.51. The number of hydrogen-bond donors (Lipinski definition) is 1. The molecule has 0 spiro atoms. The summed E-state index contributed by atoms with van der Waals surface area (Å²) >= 11 is 0. The van der Waals surface area contributed by atoms with Gasteiger partial charge in [-0.1, -0.05) is 69.4 Å². The number of unbranched alkanes of at least 4 members (excludes halogenated alkanes) is 1. The van der Waals surface area contributed by atoms with E-state index in [-0.39, 0.29) is 17.8 Å². The maximum absolute atomic E-state index is 13.1. The van der Waals surface area contributed by atoms with E-state index in [2.05, 4.69) is 17.1 Å². The molecule has 2 fully saturated rings. The molecule has 1 aliphatic heterocycles. The summed E-state index contributed by atoms with van der Waals surface area (Å²) in [6.07, 6.45) is 14.0. The number of hydrogen-bond acceptors (Lipinski definition) is 5. The maximum Gasteiger partial charge on any atom is 0.333 e. The molecule has 40 heavy (non-hydrogen) atoms. The number of benzene rings is 1. The van der Waals surface area contributed by atoms with Crippen LogP contribution < -0.4 is 10.2 Å². The second-order valence-electron chi connectivity index (χ2n) is 11.6. The summed E-state index contributed by atoms with van der Waals surface area (Å²) in [5.74, 6) is 0.780. The number of amides is 1. The standard InChI is InChI=1S/C33H44N4O3/c1-2-3-21-36-22-19-26(20-23-36)28-24-37(40-31(38)18-15-25-11-7-6-8-12-25)29-16-17-30(34-32(28)29)35-33(39)27-13-9-4-5-10-14-27/h6-8,11-12,16-17,24,26-27H,2-5,9-10,13-15,18-23H2,1H3,(H,34,35,39). The number of carbonyl (C=O) groups excluding carboxylic acids is 2. The zero-order chi connectivity index (χ0) is 27.7. The van der Waals surface area contributed by atoms with Crippen LogP contribution in [0.1, 0.15) is 94.6 Å². The van der Waals surface area contributed by atoms with Crippen molar-refractivity contribution in [1.82, 2.24) is 14.6 Å². The number of carbonyl (C=O) groups is 2. The predicted molar refractivity (Wildman–Crippen MR) is 159 cm³/mol. The molecular weight excluding hydrogens is 500 g/mol. The number of likely N-dealkylation sites (tertiary alicyclic amines) is 1. The van der Waals surface area contributed by atoms with Crippen molar-refractivity contribution in [3.05, 3.63) is 59.8 Å². The minimum absolute atomic E-state index is 0.0575. The van der Waals surface area contributed by atoms with Gasteiger partial charge >= 0.3 is 5.97 Å². The molecule has 7 nitrogen and oxygen atoms in total. The van der Waals surface area contributed by atoms with Crippen molar-refractivity contribution in [3.63, 3.8) is 0 Å². The highest BCUT2D eigenvalue weighted by Gasteiger charge is 2.26. The van der Waals surface area contributed by atoms with Crippen molar-refractivity contribution in [1.29, 1.82) is 0 Å². The summed E-state index contributed by atoms with van der Waals surface area (Å²) in [7, 11) is 0. The van der Waals surface area contributed by atoms with Crippen LogP contribution in [0.25, 0.3) is 11.0 Å². The molecule has 3 heterocycles. The highest BCUT2D eigenvalue weighted by atomic mass is 16.7. The summed E-state index contributed by atoms with van der Waals surface area (Å²) in [6.45, 7) is 5.51. The van der Waals surface area contributed by atoms with Crippen molar-refractivity contribution < 1.29 is 14.4 Å². The number of rotatable bonds is 10. The van der Waals surface area contributed by atoms with E-state index in [0.29, 0.717) is 24.6 Å². The Morgan fingerprint density at radius 2 is 1.73 bits per heavy atom. The minimum Gasteiger partial charge on any atom is -0.336 e. The van der Waals surface area contributed by atoms with Gasteiger partial charge in [0.15, 0.2) is 0 Å². The number of fused-ring (bicyclic) bond motifs is 1. The summed E-state index contributed by atoms with van der Waals surface area (Å²) in [6, 6.07) is 13.8. The topological polar surface area (TPSA) is 76.5 Å². The molecule has 1 saturated heterocycles. The molecule has 0 radical (unpaired) electrons. The molecule has 2 aromatic heterocycles. The monoisotopic (exact) mass is 544 g/mol. The van der Waals surface area contributed by atoms with E-state index < -0.39 is 0 Å². The molecule has 1 amide bonds. The van der Waals surface area contributed by atoms with E-state index in [0.717, 1.165) is 80.3 Å². The lowest BCUT2D eigenvalue weighted by Gasteiger charge is -2.31.